The number of nitrogens with zero attached hydrogens (tertiary/aromatic N) is 1. The molecule has 0 spiro atoms. The minimum atomic E-state index is -0.213. The Bertz CT molecular complexity index is 1040. The summed E-state index contributed by atoms with van der Waals surface area (Å²) in [5, 5.41) is 5.73. The maximum atomic E-state index is 12.1. The Morgan fingerprint density at radius 2 is 1.70 bits per heavy atom. The maximum Gasteiger partial charge on any atom is 0.319 e. The highest BCUT2D eigenvalue weighted by Gasteiger charge is 2.04. The fourth-order valence-corrected chi connectivity index (χ4v) is 3.00. The quantitative estimate of drug-likeness (QED) is 0.489. The monoisotopic (exact) mass is 356 g/mol. The molecular weight excluding hydrogens is 336 g/mol. The highest BCUT2D eigenvalue weighted by Crippen LogP contribution is 2.19. The Labute approximate surface area is 157 Å². The number of benzene rings is 3. The van der Waals surface area contributed by atoms with Crippen LogP contribution in [0.2, 0.25) is 0 Å². The van der Waals surface area contributed by atoms with Crippen LogP contribution in [0.5, 0.6) is 0 Å². The molecule has 4 aromatic rings. The average molecular weight is 356 g/mol. The van der Waals surface area contributed by atoms with Gasteiger partial charge in [-0.05, 0) is 41.3 Å². The molecule has 1 heterocycles. The zero-order chi connectivity index (χ0) is 18.5. The normalized spacial score (nSPS) is 10.7. The van der Waals surface area contributed by atoms with Crippen molar-refractivity contribution in [2.24, 2.45) is 0 Å². The molecule has 0 unspecified atom stereocenters. The van der Waals surface area contributed by atoms with Crippen LogP contribution in [-0.2, 0) is 6.42 Å². The second-order valence-corrected chi connectivity index (χ2v) is 6.33. The Balaban J connectivity index is 1.28. The predicted molar refractivity (Wildman–Crippen MR) is 109 cm³/mol. The molecule has 0 radical (unpaired) electrons. The molecule has 0 fully saturated rings. The summed E-state index contributed by atoms with van der Waals surface area (Å²) in [6, 6.07) is 24.1. The van der Waals surface area contributed by atoms with Crippen LogP contribution in [0.4, 0.5) is 10.5 Å². The first kappa shape index (κ1) is 16.8. The van der Waals surface area contributed by atoms with E-state index in [-0.39, 0.29) is 6.03 Å². The molecule has 0 saturated heterocycles. The van der Waals surface area contributed by atoms with Gasteiger partial charge in [0.05, 0.1) is 17.4 Å². The molecular formula is C22H20N4O. The number of anilines is 1. The highest BCUT2D eigenvalue weighted by molar-refractivity contribution is 5.91. The zero-order valence-electron chi connectivity index (χ0n) is 14.8. The van der Waals surface area contributed by atoms with E-state index in [4.69, 9.17) is 0 Å². The molecule has 5 heteroatoms. The van der Waals surface area contributed by atoms with Crippen molar-refractivity contribution in [3.63, 3.8) is 0 Å². The maximum absolute atomic E-state index is 12.1. The van der Waals surface area contributed by atoms with Crippen molar-refractivity contribution >= 4 is 22.8 Å². The predicted octanol–water partition coefficient (Wildman–Crippen LogP) is 4.59. The van der Waals surface area contributed by atoms with Gasteiger partial charge in [0, 0.05) is 12.2 Å². The number of hydrogen-bond acceptors (Lipinski definition) is 2. The minimum Gasteiger partial charge on any atom is -0.345 e. The van der Waals surface area contributed by atoms with Crippen molar-refractivity contribution < 1.29 is 4.79 Å². The lowest BCUT2D eigenvalue weighted by atomic mass is 10.0. The first-order valence-electron chi connectivity index (χ1n) is 8.90. The largest absolute Gasteiger partial charge is 0.345 e. The van der Waals surface area contributed by atoms with E-state index in [1.54, 1.807) is 6.33 Å². The third-order valence-electron chi connectivity index (χ3n) is 4.44. The summed E-state index contributed by atoms with van der Waals surface area (Å²) in [5.74, 6) is 0. The lowest BCUT2D eigenvalue weighted by molar-refractivity contribution is 0.252. The summed E-state index contributed by atoms with van der Waals surface area (Å²) in [7, 11) is 0. The minimum absolute atomic E-state index is 0.213. The van der Waals surface area contributed by atoms with Crippen LogP contribution in [0, 0.1) is 0 Å². The van der Waals surface area contributed by atoms with Crippen LogP contribution in [0.1, 0.15) is 5.56 Å². The first-order valence-corrected chi connectivity index (χ1v) is 8.90. The summed E-state index contributed by atoms with van der Waals surface area (Å²) >= 11 is 0. The average Bonchev–Trinajstić information content (AvgIpc) is 3.17. The van der Waals surface area contributed by atoms with Crippen molar-refractivity contribution in [2.45, 2.75) is 6.42 Å². The Morgan fingerprint density at radius 3 is 2.52 bits per heavy atom. The molecule has 27 heavy (non-hydrogen) atoms. The van der Waals surface area contributed by atoms with Gasteiger partial charge in [0.1, 0.15) is 0 Å². The van der Waals surface area contributed by atoms with E-state index in [0.717, 1.165) is 23.1 Å². The number of carbonyl (C=O) groups is 1. The molecule has 5 nitrogen and oxygen atoms in total. The number of amides is 2. The standard InChI is InChI=1S/C22H20N4O/c27-22(26-19-10-11-20-21(14-19)25-15-24-20)23-13-12-16-6-8-18(9-7-16)17-4-2-1-3-5-17/h1-11,14-15H,12-13H2,(H,24,25)(H2,23,26,27). The smallest absolute Gasteiger partial charge is 0.319 e. The molecule has 0 aliphatic rings. The molecule has 4 rings (SSSR count). The van der Waals surface area contributed by atoms with Gasteiger partial charge in [-0.15, -0.1) is 0 Å². The summed E-state index contributed by atoms with van der Waals surface area (Å²) in [4.78, 5) is 19.3. The number of aromatic nitrogens is 2. The van der Waals surface area contributed by atoms with Crippen molar-refractivity contribution in [1.29, 1.82) is 0 Å². The van der Waals surface area contributed by atoms with Crippen LogP contribution in [0.25, 0.3) is 22.2 Å². The van der Waals surface area contributed by atoms with E-state index in [1.807, 2.05) is 36.4 Å². The van der Waals surface area contributed by atoms with Gasteiger partial charge in [-0.2, -0.15) is 0 Å². The van der Waals surface area contributed by atoms with Gasteiger partial charge in [-0.3, -0.25) is 0 Å². The fraction of sp³-hybridized carbons (Fsp3) is 0.0909. The number of rotatable bonds is 5. The summed E-state index contributed by atoms with van der Waals surface area (Å²) < 4.78 is 0. The van der Waals surface area contributed by atoms with Gasteiger partial charge >= 0.3 is 6.03 Å². The second kappa shape index (κ2) is 7.74. The van der Waals surface area contributed by atoms with E-state index >= 15 is 0 Å². The number of imidazole rings is 1. The summed E-state index contributed by atoms with van der Waals surface area (Å²) in [5.41, 5.74) is 6.09. The van der Waals surface area contributed by atoms with Crippen molar-refractivity contribution in [2.75, 3.05) is 11.9 Å². The van der Waals surface area contributed by atoms with Crippen molar-refractivity contribution in [1.82, 2.24) is 15.3 Å². The topological polar surface area (TPSA) is 69.8 Å². The van der Waals surface area contributed by atoms with Crippen molar-refractivity contribution in [3.8, 4) is 11.1 Å². The molecule has 2 amide bonds. The van der Waals surface area contributed by atoms with E-state index in [0.29, 0.717) is 6.54 Å². The lowest BCUT2D eigenvalue weighted by Gasteiger charge is -2.08. The molecule has 0 aliphatic heterocycles. The third-order valence-corrected chi connectivity index (χ3v) is 4.44. The molecule has 0 bridgehead atoms. The van der Waals surface area contributed by atoms with Gasteiger partial charge in [-0.25, -0.2) is 9.78 Å². The number of carbonyl (C=O) groups excluding carboxylic acids is 1. The number of H-pyrrole nitrogens is 1. The Kier molecular flexibility index (Phi) is 4.83. The van der Waals surface area contributed by atoms with Crippen LogP contribution >= 0.6 is 0 Å². The van der Waals surface area contributed by atoms with Crippen LogP contribution < -0.4 is 10.6 Å². The summed E-state index contributed by atoms with van der Waals surface area (Å²) in [6.07, 6.45) is 2.42. The van der Waals surface area contributed by atoms with Crippen LogP contribution in [0.15, 0.2) is 79.1 Å². The van der Waals surface area contributed by atoms with E-state index in [9.17, 15) is 4.79 Å². The number of hydrogen-bond donors (Lipinski definition) is 3. The Morgan fingerprint density at radius 1 is 0.926 bits per heavy atom. The van der Waals surface area contributed by atoms with E-state index < -0.39 is 0 Å². The summed E-state index contributed by atoms with van der Waals surface area (Å²) in [6.45, 7) is 0.572. The molecule has 0 atom stereocenters. The second-order valence-electron chi connectivity index (χ2n) is 6.33. The Hall–Kier alpha value is -3.60. The van der Waals surface area contributed by atoms with Crippen LogP contribution in [0.3, 0.4) is 0 Å². The number of fused-ring (bicyclic) bond motifs is 1. The number of nitrogens with one attached hydrogen (secondary N) is 3. The molecule has 0 aliphatic carbocycles. The van der Waals surface area contributed by atoms with Crippen LogP contribution in [-0.4, -0.2) is 22.5 Å². The molecule has 1 aromatic heterocycles. The van der Waals surface area contributed by atoms with Gasteiger partial charge < -0.3 is 15.6 Å². The first-order chi connectivity index (χ1) is 13.3. The SMILES string of the molecule is O=C(NCCc1ccc(-c2ccccc2)cc1)Nc1ccc2nc[nH]c2c1. The third kappa shape index (κ3) is 4.15. The fourth-order valence-electron chi connectivity index (χ4n) is 3.00. The number of aromatic amines is 1. The van der Waals surface area contributed by atoms with Gasteiger partial charge in [0.2, 0.25) is 0 Å². The van der Waals surface area contributed by atoms with E-state index in [2.05, 4.69) is 57.0 Å². The molecule has 3 aromatic carbocycles. The molecule has 134 valence electrons. The zero-order valence-corrected chi connectivity index (χ0v) is 14.8. The molecule has 3 N–H and O–H groups in total. The highest BCUT2D eigenvalue weighted by atomic mass is 16.2. The van der Waals surface area contributed by atoms with Gasteiger partial charge in [0.25, 0.3) is 0 Å². The van der Waals surface area contributed by atoms with Gasteiger partial charge in [0.15, 0.2) is 0 Å². The number of urea groups is 1. The van der Waals surface area contributed by atoms with Gasteiger partial charge in [-0.1, -0.05) is 54.6 Å². The lowest BCUT2D eigenvalue weighted by Crippen LogP contribution is -2.30. The van der Waals surface area contributed by atoms with E-state index in [1.165, 1.54) is 16.7 Å². The van der Waals surface area contributed by atoms with Crippen molar-refractivity contribution in [3.05, 3.63) is 84.7 Å². The molecule has 0 saturated carbocycles.